The van der Waals surface area contributed by atoms with E-state index in [-0.39, 0.29) is 24.2 Å². The zero-order valence-electron chi connectivity index (χ0n) is 15.5. The molecular formula is C18H25NO6S. The Morgan fingerprint density at radius 2 is 2.00 bits per heavy atom. The third-order valence-electron chi connectivity index (χ3n) is 4.44. The molecule has 7 nitrogen and oxygen atoms in total. The fraction of sp³-hybridized carbons (Fsp3) is 0.556. The molecule has 0 unspecified atom stereocenters. The molecule has 1 aliphatic rings. The quantitative estimate of drug-likeness (QED) is 0.687. The lowest BCUT2D eigenvalue weighted by atomic mass is 10.1. The number of benzene rings is 1. The summed E-state index contributed by atoms with van der Waals surface area (Å²) in [7, 11) is -1.56. The van der Waals surface area contributed by atoms with Crippen molar-refractivity contribution in [2.24, 2.45) is 0 Å². The summed E-state index contributed by atoms with van der Waals surface area (Å²) in [5.41, 5.74) is 2.00. The maximum atomic E-state index is 12.4. The Labute approximate surface area is 154 Å². The van der Waals surface area contributed by atoms with Gasteiger partial charge in [-0.3, -0.25) is 4.79 Å². The van der Waals surface area contributed by atoms with E-state index in [0.717, 1.165) is 11.1 Å². The molecule has 144 valence electrons. The maximum Gasteiger partial charge on any atom is 0.344 e. The fourth-order valence-corrected chi connectivity index (χ4v) is 4.70. The van der Waals surface area contributed by atoms with Crippen LogP contribution in [0.15, 0.2) is 18.2 Å². The largest absolute Gasteiger partial charge is 0.482 e. The lowest BCUT2D eigenvalue weighted by Crippen LogP contribution is -2.44. The van der Waals surface area contributed by atoms with Crippen molar-refractivity contribution in [2.75, 3.05) is 25.2 Å². The first-order valence-electron chi connectivity index (χ1n) is 8.45. The summed E-state index contributed by atoms with van der Waals surface area (Å²) in [6, 6.07) is 5.22. The molecule has 8 heteroatoms. The predicted molar refractivity (Wildman–Crippen MR) is 96.8 cm³/mol. The first kappa shape index (κ1) is 20.2. The Morgan fingerprint density at radius 3 is 2.58 bits per heavy atom. The van der Waals surface area contributed by atoms with Gasteiger partial charge >= 0.3 is 5.97 Å². The van der Waals surface area contributed by atoms with Gasteiger partial charge in [-0.25, -0.2) is 13.2 Å². The van der Waals surface area contributed by atoms with Crippen LogP contribution in [-0.2, 0) is 24.2 Å². The number of carbonyl (C=O) groups is 2. The molecule has 0 aliphatic carbocycles. The highest BCUT2D eigenvalue weighted by molar-refractivity contribution is 7.91. The van der Waals surface area contributed by atoms with E-state index >= 15 is 0 Å². The summed E-state index contributed by atoms with van der Waals surface area (Å²) >= 11 is 0. The number of rotatable bonds is 6. The van der Waals surface area contributed by atoms with Crippen molar-refractivity contribution in [3.63, 3.8) is 0 Å². The van der Waals surface area contributed by atoms with Crippen LogP contribution in [0.5, 0.6) is 5.75 Å². The SMILES string of the molecule is Cc1ccc(OCC(=O)O[C@@H](C)C(=O)N(C)[C@@H]2CCS(=O)(=O)C2)c(C)c1. The highest BCUT2D eigenvalue weighted by atomic mass is 32.2. The number of esters is 1. The van der Waals surface area contributed by atoms with Crippen LogP contribution in [0.1, 0.15) is 24.5 Å². The molecule has 0 spiro atoms. The van der Waals surface area contributed by atoms with Gasteiger partial charge in [-0.15, -0.1) is 0 Å². The van der Waals surface area contributed by atoms with Crippen molar-refractivity contribution >= 4 is 21.7 Å². The summed E-state index contributed by atoms with van der Waals surface area (Å²) in [5.74, 6) is -0.469. The van der Waals surface area contributed by atoms with Crippen LogP contribution in [0.2, 0.25) is 0 Å². The molecule has 1 fully saturated rings. The predicted octanol–water partition coefficient (Wildman–Crippen LogP) is 1.26. The molecule has 2 atom stereocenters. The maximum absolute atomic E-state index is 12.4. The zero-order chi connectivity index (χ0) is 19.5. The molecule has 0 radical (unpaired) electrons. The Kier molecular flexibility index (Phi) is 6.28. The van der Waals surface area contributed by atoms with Gasteiger partial charge in [0.1, 0.15) is 5.75 Å². The minimum Gasteiger partial charge on any atom is -0.482 e. The van der Waals surface area contributed by atoms with E-state index in [1.807, 2.05) is 26.0 Å². The van der Waals surface area contributed by atoms with Crippen molar-refractivity contribution in [2.45, 2.75) is 39.3 Å². The van der Waals surface area contributed by atoms with Crippen LogP contribution >= 0.6 is 0 Å². The van der Waals surface area contributed by atoms with Crippen LogP contribution in [-0.4, -0.2) is 62.5 Å². The van der Waals surface area contributed by atoms with Crippen molar-refractivity contribution < 1.29 is 27.5 Å². The minimum atomic E-state index is -3.09. The van der Waals surface area contributed by atoms with E-state index < -0.39 is 27.8 Å². The number of sulfone groups is 1. The van der Waals surface area contributed by atoms with E-state index in [0.29, 0.717) is 12.2 Å². The number of nitrogens with zero attached hydrogens (tertiary/aromatic N) is 1. The van der Waals surface area contributed by atoms with Crippen LogP contribution in [0.4, 0.5) is 0 Å². The molecule has 1 saturated heterocycles. The van der Waals surface area contributed by atoms with Crippen molar-refractivity contribution in [3.8, 4) is 5.75 Å². The highest BCUT2D eigenvalue weighted by Crippen LogP contribution is 2.19. The molecule has 2 rings (SSSR count). The number of aryl methyl sites for hydroxylation is 2. The Morgan fingerprint density at radius 1 is 1.31 bits per heavy atom. The van der Waals surface area contributed by atoms with E-state index in [9.17, 15) is 18.0 Å². The zero-order valence-corrected chi connectivity index (χ0v) is 16.3. The monoisotopic (exact) mass is 383 g/mol. The molecule has 1 amide bonds. The Bertz CT molecular complexity index is 789. The lowest BCUT2D eigenvalue weighted by molar-refractivity contribution is -0.160. The van der Waals surface area contributed by atoms with Gasteiger partial charge in [0.15, 0.2) is 22.5 Å². The first-order valence-corrected chi connectivity index (χ1v) is 10.3. The summed E-state index contributed by atoms with van der Waals surface area (Å²) in [4.78, 5) is 25.7. The van der Waals surface area contributed by atoms with E-state index in [1.54, 1.807) is 6.07 Å². The van der Waals surface area contributed by atoms with Gasteiger partial charge in [0.25, 0.3) is 5.91 Å². The van der Waals surface area contributed by atoms with Gasteiger partial charge < -0.3 is 14.4 Å². The molecule has 0 bridgehead atoms. The van der Waals surface area contributed by atoms with Gasteiger partial charge in [0.05, 0.1) is 11.5 Å². The second-order valence-electron chi connectivity index (χ2n) is 6.70. The minimum absolute atomic E-state index is 0.0499. The number of amides is 1. The molecule has 26 heavy (non-hydrogen) atoms. The molecule has 1 aromatic rings. The van der Waals surface area contributed by atoms with Crippen LogP contribution < -0.4 is 4.74 Å². The second-order valence-corrected chi connectivity index (χ2v) is 8.92. The van der Waals surface area contributed by atoms with Crippen molar-refractivity contribution in [1.82, 2.24) is 4.90 Å². The van der Waals surface area contributed by atoms with Gasteiger partial charge in [0, 0.05) is 13.1 Å². The van der Waals surface area contributed by atoms with E-state index in [1.165, 1.54) is 18.9 Å². The number of carbonyl (C=O) groups excluding carboxylic acids is 2. The average Bonchev–Trinajstić information content (AvgIpc) is 2.92. The van der Waals surface area contributed by atoms with Gasteiger partial charge in [-0.05, 0) is 38.8 Å². The van der Waals surface area contributed by atoms with Crippen LogP contribution in [0.3, 0.4) is 0 Å². The molecule has 0 N–H and O–H groups in total. The average molecular weight is 383 g/mol. The van der Waals surface area contributed by atoms with Crippen molar-refractivity contribution in [3.05, 3.63) is 29.3 Å². The summed E-state index contributed by atoms with van der Waals surface area (Å²) in [6.45, 7) is 5.01. The van der Waals surface area contributed by atoms with Gasteiger partial charge in [-0.1, -0.05) is 17.7 Å². The number of hydrogen-bond donors (Lipinski definition) is 0. The molecule has 0 aromatic heterocycles. The normalized spacial score (nSPS) is 19.6. The number of ether oxygens (including phenoxy) is 2. The molecule has 1 heterocycles. The molecule has 0 saturated carbocycles. The van der Waals surface area contributed by atoms with Crippen molar-refractivity contribution in [1.29, 1.82) is 0 Å². The number of hydrogen-bond acceptors (Lipinski definition) is 6. The van der Waals surface area contributed by atoms with Crippen LogP contribution in [0, 0.1) is 13.8 Å². The van der Waals surface area contributed by atoms with Gasteiger partial charge in [-0.2, -0.15) is 0 Å². The smallest absolute Gasteiger partial charge is 0.344 e. The summed E-state index contributed by atoms with van der Waals surface area (Å²) in [6.07, 6.45) is -0.598. The van der Waals surface area contributed by atoms with Gasteiger partial charge in [0.2, 0.25) is 0 Å². The standard InChI is InChI=1S/C18H25NO6S/c1-12-5-6-16(13(2)9-12)24-10-17(20)25-14(3)18(21)19(4)15-7-8-26(22,23)11-15/h5-6,9,14-15H,7-8,10-11H2,1-4H3/t14-,15+/m0/s1. The van der Waals surface area contributed by atoms with E-state index in [4.69, 9.17) is 9.47 Å². The molecule has 1 aromatic carbocycles. The Hall–Kier alpha value is -2.09. The molecular weight excluding hydrogens is 358 g/mol. The lowest BCUT2D eigenvalue weighted by Gasteiger charge is -2.26. The Balaban J connectivity index is 1.85. The van der Waals surface area contributed by atoms with Crippen LogP contribution in [0.25, 0.3) is 0 Å². The highest BCUT2D eigenvalue weighted by Gasteiger charge is 2.34. The fourth-order valence-electron chi connectivity index (χ4n) is 2.93. The van der Waals surface area contributed by atoms with E-state index in [2.05, 4.69) is 0 Å². The second kappa shape index (κ2) is 8.07. The number of likely N-dealkylation sites (N-methyl/N-ethyl adjacent to an activating group) is 1. The molecule has 1 aliphatic heterocycles. The summed E-state index contributed by atoms with van der Waals surface area (Å²) < 4.78 is 33.7. The summed E-state index contributed by atoms with van der Waals surface area (Å²) in [5, 5.41) is 0. The third kappa shape index (κ3) is 5.20. The topological polar surface area (TPSA) is 90.0 Å². The third-order valence-corrected chi connectivity index (χ3v) is 6.19. The first-order chi connectivity index (χ1) is 12.1.